The van der Waals surface area contributed by atoms with Gasteiger partial charge in [0.15, 0.2) is 0 Å². The molecule has 1 aromatic heterocycles. The number of aromatic nitrogens is 1. The van der Waals surface area contributed by atoms with E-state index in [0.29, 0.717) is 0 Å². The first-order valence-electron chi connectivity index (χ1n) is 3.46. The van der Waals surface area contributed by atoms with E-state index in [-0.39, 0.29) is 0 Å². The van der Waals surface area contributed by atoms with E-state index in [9.17, 15) is 0 Å². The van der Waals surface area contributed by atoms with Crippen LogP contribution in [0.1, 0.15) is 0 Å². The van der Waals surface area contributed by atoms with E-state index in [4.69, 9.17) is 10.5 Å². The van der Waals surface area contributed by atoms with Crippen LogP contribution >= 0.6 is 0 Å². The summed E-state index contributed by atoms with van der Waals surface area (Å²) in [6.45, 7) is 0. The third-order valence-electron chi connectivity index (χ3n) is 1.51. The Labute approximate surface area is 69.9 Å². The molecule has 62 valence electrons. The molecule has 2 aromatic rings. The molecule has 2 N–H and O–H groups in total. The molecule has 0 fully saturated rings. The second-order valence-electron chi connectivity index (χ2n) is 2.20. The van der Waals surface area contributed by atoms with Gasteiger partial charge in [-0.05, 0) is 12.1 Å². The number of fused-ring (bicyclic) bond motifs is 1. The van der Waals surface area contributed by atoms with E-state index < -0.39 is 0 Å². The van der Waals surface area contributed by atoms with Gasteiger partial charge in [0.05, 0.1) is 5.52 Å². The van der Waals surface area contributed by atoms with Gasteiger partial charge in [0.25, 0.3) is 0 Å². The molecule has 0 spiro atoms. The molecular formula is C9H9NO2. The Balaban J connectivity index is 0.000000336. The van der Waals surface area contributed by atoms with Crippen molar-refractivity contribution in [1.29, 1.82) is 0 Å². The summed E-state index contributed by atoms with van der Waals surface area (Å²) < 4.78 is 0. The highest BCUT2D eigenvalue weighted by atomic mass is 17.0. The van der Waals surface area contributed by atoms with Crippen LogP contribution in [0.5, 0.6) is 0 Å². The van der Waals surface area contributed by atoms with Crippen LogP contribution in [-0.4, -0.2) is 15.5 Å². The first kappa shape index (κ1) is 8.64. The predicted molar refractivity (Wildman–Crippen MR) is 47.0 cm³/mol. The molecule has 0 radical (unpaired) electrons. The lowest BCUT2D eigenvalue weighted by Gasteiger charge is -1.91. The lowest BCUT2D eigenvalue weighted by atomic mass is 10.2. The van der Waals surface area contributed by atoms with Crippen molar-refractivity contribution < 1.29 is 10.5 Å². The Morgan fingerprint density at radius 1 is 0.917 bits per heavy atom. The Bertz CT molecular complexity index is 284. The fourth-order valence-corrected chi connectivity index (χ4v) is 1.02. The molecule has 1 heterocycles. The molecule has 0 aliphatic rings. The second-order valence-corrected chi connectivity index (χ2v) is 2.20. The molecule has 0 atom stereocenters. The van der Waals surface area contributed by atoms with Gasteiger partial charge in [0.1, 0.15) is 0 Å². The quantitative estimate of drug-likeness (QED) is 0.462. The van der Waals surface area contributed by atoms with Crippen LogP contribution in [0.15, 0.2) is 42.6 Å². The Morgan fingerprint density at radius 3 is 2.33 bits per heavy atom. The zero-order valence-electron chi connectivity index (χ0n) is 6.38. The van der Waals surface area contributed by atoms with Gasteiger partial charge in [-0.25, -0.2) is 0 Å². The van der Waals surface area contributed by atoms with Crippen molar-refractivity contribution in [1.82, 2.24) is 4.98 Å². The van der Waals surface area contributed by atoms with E-state index in [1.165, 1.54) is 5.39 Å². The minimum Gasteiger partial charge on any atom is -0.256 e. The molecule has 0 amide bonds. The standard InChI is InChI=1S/C9H7N.H2O2/c1-2-6-9-8(4-1)5-3-7-10-9;1-2/h1-7H;1-2H. The van der Waals surface area contributed by atoms with Gasteiger partial charge in [0.2, 0.25) is 0 Å². The van der Waals surface area contributed by atoms with Crippen molar-refractivity contribution in [2.45, 2.75) is 0 Å². The molecule has 0 aliphatic heterocycles. The second kappa shape index (κ2) is 4.43. The van der Waals surface area contributed by atoms with Gasteiger partial charge < -0.3 is 0 Å². The molecule has 3 heteroatoms. The Hall–Kier alpha value is -1.45. The first-order valence-corrected chi connectivity index (χ1v) is 3.46. The van der Waals surface area contributed by atoms with Gasteiger partial charge in [-0.3, -0.25) is 15.5 Å². The summed E-state index contributed by atoms with van der Waals surface area (Å²) in [7, 11) is 0. The molecule has 0 unspecified atom stereocenters. The van der Waals surface area contributed by atoms with E-state index in [1.54, 1.807) is 0 Å². The van der Waals surface area contributed by atoms with Crippen molar-refractivity contribution >= 4 is 10.9 Å². The fraction of sp³-hybridized carbons (Fsp3) is 0. The lowest BCUT2D eigenvalue weighted by Crippen LogP contribution is -1.73. The van der Waals surface area contributed by atoms with Crippen LogP contribution < -0.4 is 0 Å². The molecule has 2 rings (SSSR count). The van der Waals surface area contributed by atoms with Crippen LogP contribution in [0.2, 0.25) is 0 Å². The molecule has 0 saturated carbocycles. The molecule has 0 aliphatic carbocycles. The fourth-order valence-electron chi connectivity index (χ4n) is 1.02. The summed E-state index contributed by atoms with van der Waals surface area (Å²) in [6.07, 6.45) is 1.81. The smallest absolute Gasteiger partial charge is 0.0701 e. The van der Waals surface area contributed by atoms with Crippen molar-refractivity contribution in [3.63, 3.8) is 0 Å². The van der Waals surface area contributed by atoms with Crippen LogP contribution in [0, 0.1) is 0 Å². The van der Waals surface area contributed by atoms with Crippen LogP contribution in [-0.2, 0) is 0 Å². The third-order valence-corrected chi connectivity index (χ3v) is 1.51. The number of nitrogens with zero attached hydrogens (tertiary/aromatic N) is 1. The summed E-state index contributed by atoms with van der Waals surface area (Å²) in [5, 5.41) is 13.2. The molecule has 0 bridgehead atoms. The van der Waals surface area contributed by atoms with Gasteiger partial charge >= 0.3 is 0 Å². The molecule has 0 saturated heterocycles. The van der Waals surface area contributed by atoms with E-state index in [1.807, 2.05) is 30.5 Å². The van der Waals surface area contributed by atoms with Crippen molar-refractivity contribution in [2.75, 3.05) is 0 Å². The van der Waals surface area contributed by atoms with Gasteiger partial charge in [-0.1, -0.05) is 24.3 Å². The maximum Gasteiger partial charge on any atom is 0.0701 e. The number of benzene rings is 1. The minimum absolute atomic E-state index is 1.06. The molecule has 12 heavy (non-hydrogen) atoms. The minimum atomic E-state index is 1.06. The summed E-state index contributed by atoms with van der Waals surface area (Å²) in [4.78, 5) is 4.18. The van der Waals surface area contributed by atoms with E-state index >= 15 is 0 Å². The van der Waals surface area contributed by atoms with Crippen LogP contribution in [0.4, 0.5) is 0 Å². The maximum atomic E-state index is 6.00. The van der Waals surface area contributed by atoms with Gasteiger partial charge in [-0.2, -0.15) is 0 Å². The average molecular weight is 163 g/mol. The molecule has 1 aromatic carbocycles. The highest BCUT2D eigenvalue weighted by Crippen LogP contribution is 2.07. The Kier molecular flexibility index (Phi) is 3.19. The summed E-state index contributed by atoms with van der Waals surface area (Å²) >= 11 is 0. The highest BCUT2D eigenvalue weighted by Gasteiger charge is 1.86. The number of rotatable bonds is 0. The van der Waals surface area contributed by atoms with E-state index in [0.717, 1.165) is 5.52 Å². The number of pyridine rings is 1. The van der Waals surface area contributed by atoms with Crippen molar-refractivity contribution in [2.24, 2.45) is 0 Å². The average Bonchev–Trinajstić information content (AvgIpc) is 2.21. The topological polar surface area (TPSA) is 53.4 Å². The summed E-state index contributed by atoms with van der Waals surface area (Å²) in [5.41, 5.74) is 1.06. The highest BCUT2D eigenvalue weighted by molar-refractivity contribution is 5.77. The summed E-state index contributed by atoms with van der Waals surface area (Å²) in [6, 6.07) is 12.1. The Morgan fingerprint density at radius 2 is 1.58 bits per heavy atom. The number of para-hydroxylation sites is 1. The SMILES string of the molecule is OO.c1ccc2ncccc2c1. The zero-order valence-corrected chi connectivity index (χ0v) is 6.38. The normalized spacial score (nSPS) is 8.83. The molecular weight excluding hydrogens is 154 g/mol. The largest absolute Gasteiger partial charge is 0.256 e. The maximum absolute atomic E-state index is 6.00. The zero-order chi connectivity index (χ0) is 8.81. The predicted octanol–water partition coefficient (Wildman–Crippen LogP) is 2.25. The van der Waals surface area contributed by atoms with Crippen LogP contribution in [0.3, 0.4) is 0 Å². The lowest BCUT2D eigenvalue weighted by molar-refractivity contribution is -0.176. The number of hydrogen-bond acceptors (Lipinski definition) is 3. The molecule has 3 nitrogen and oxygen atoms in total. The van der Waals surface area contributed by atoms with Crippen LogP contribution in [0.25, 0.3) is 10.9 Å². The van der Waals surface area contributed by atoms with Crippen molar-refractivity contribution in [3.8, 4) is 0 Å². The summed E-state index contributed by atoms with van der Waals surface area (Å²) in [5.74, 6) is 0. The third kappa shape index (κ3) is 1.78. The van der Waals surface area contributed by atoms with Gasteiger partial charge in [0, 0.05) is 11.6 Å². The monoisotopic (exact) mass is 163 g/mol. The van der Waals surface area contributed by atoms with Gasteiger partial charge in [-0.15, -0.1) is 0 Å². The van der Waals surface area contributed by atoms with E-state index in [2.05, 4.69) is 17.1 Å². The number of hydrogen-bond donors (Lipinski definition) is 2. The van der Waals surface area contributed by atoms with Crippen molar-refractivity contribution in [3.05, 3.63) is 42.6 Å². The first-order chi connectivity index (χ1) is 5.97.